The maximum Gasteiger partial charge on any atom is 0.494 e. The zero-order chi connectivity index (χ0) is 16.5. The second kappa shape index (κ2) is 5.62. The maximum atomic E-state index is 5.99. The van der Waals surface area contributed by atoms with E-state index in [1.165, 1.54) is 0 Å². The van der Waals surface area contributed by atoms with Crippen molar-refractivity contribution in [1.82, 2.24) is 0 Å². The van der Waals surface area contributed by atoms with E-state index in [2.05, 4.69) is 9.98 Å². The number of guanidine groups is 2. The van der Waals surface area contributed by atoms with E-state index < -0.39 is 7.12 Å². The van der Waals surface area contributed by atoms with Gasteiger partial charge < -0.3 is 26.5 Å². The Balaban J connectivity index is 2.16. The molecule has 1 heterocycles. The molecule has 1 fully saturated rings. The fourth-order valence-corrected chi connectivity index (χ4v) is 1.97. The minimum Gasteiger partial charge on any atom is -0.399 e. The second-order valence-corrected chi connectivity index (χ2v) is 6.19. The third-order valence-electron chi connectivity index (χ3n) is 3.91. The fourth-order valence-electron chi connectivity index (χ4n) is 1.97. The fraction of sp³-hybridized carbons (Fsp3) is 0.429. The second-order valence-electron chi connectivity index (χ2n) is 6.19. The average Bonchev–Trinajstić information content (AvgIpc) is 2.58. The number of aliphatic imine (C=N–C) groups is 2. The molecule has 0 amide bonds. The van der Waals surface area contributed by atoms with Crippen molar-refractivity contribution >= 4 is 30.2 Å². The lowest BCUT2D eigenvalue weighted by Gasteiger charge is -2.32. The Morgan fingerprint density at radius 3 is 1.91 bits per heavy atom. The van der Waals surface area contributed by atoms with Crippen molar-refractivity contribution in [3.63, 3.8) is 0 Å². The highest BCUT2D eigenvalue weighted by Crippen LogP contribution is 2.36. The molecule has 6 N–H and O–H groups in total. The molecule has 0 radical (unpaired) electrons. The van der Waals surface area contributed by atoms with E-state index in [0.29, 0.717) is 5.69 Å². The first-order valence-electron chi connectivity index (χ1n) is 7.00. The Hall–Kier alpha value is -2.06. The van der Waals surface area contributed by atoms with Gasteiger partial charge in [-0.25, -0.2) is 4.99 Å². The molecule has 0 aliphatic carbocycles. The van der Waals surface area contributed by atoms with Gasteiger partial charge in [-0.05, 0) is 45.3 Å². The van der Waals surface area contributed by atoms with Crippen LogP contribution in [0.1, 0.15) is 27.7 Å². The largest absolute Gasteiger partial charge is 0.494 e. The molecule has 0 unspecified atom stereocenters. The average molecular weight is 303 g/mol. The Kier molecular flexibility index (Phi) is 4.17. The standard InChI is InChI=1S/C14H22BN5O2/c1-13(2)14(3,4)22-15(21-13)9-5-7-10(8-6-9)19-12(18)20-11(16)17/h5-8H,1-4H3,(H6,16,17,18,19,20). The van der Waals surface area contributed by atoms with Crippen LogP contribution in [0.2, 0.25) is 0 Å². The predicted molar refractivity (Wildman–Crippen MR) is 89.3 cm³/mol. The first kappa shape index (κ1) is 16.3. The summed E-state index contributed by atoms with van der Waals surface area (Å²) < 4.78 is 12.0. The van der Waals surface area contributed by atoms with E-state index in [1.54, 1.807) is 12.1 Å². The van der Waals surface area contributed by atoms with E-state index in [9.17, 15) is 0 Å². The molecule has 118 valence electrons. The molecule has 0 atom stereocenters. The molecule has 1 aromatic rings. The van der Waals surface area contributed by atoms with E-state index >= 15 is 0 Å². The zero-order valence-electron chi connectivity index (χ0n) is 13.3. The third kappa shape index (κ3) is 3.40. The molecule has 1 saturated heterocycles. The lowest BCUT2D eigenvalue weighted by Crippen LogP contribution is -2.41. The number of benzene rings is 1. The van der Waals surface area contributed by atoms with Crippen molar-refractivity contribution < 1.29 is 9.31 Å². The monoisotopic (exact) mass is 303 g/mol. The van der Waals surface area contributed by atoms with E-state index in [0.717, 1.165) is 5.46 Å². The molecule has 8 heteroatoms. The van der Waals surface area contributed by atoms with Crippen molar-refractivity contribution in [2.24, 2.45) is 27.2 Å². The highest BCUT2D eigenvalue weighted by Gasteiger charge is 2.51. The Morgan fingerprint density at radius 1 is 0.955 bits per heavy atom. The van der Waals surface area contributed by atoms with Gasteiger partial charge in [-0.1, -0.05) is 12.1 Å². The summed E-state index contributed by atoms with van der Waals surface area (Å²) in [5.74, 6) is -0.126. The molecular formula is C14H22BN5O2. The summed E-state index contributed by atoms with van der Waals surface area (Å²) in [7, 11) is -0.405. The van der Waals surface area contributed by atoms with Crippen LogP contribution in [0.15, 0.2) is 34.3 Å². The molecule has 22 heavy (non-hydrogen) atoms. The number of nitrogens with two attached hydrogens (primary N) is 3. The predicted octanol–water partition coefficient (Wildman–Crippen LogP) is 0.205. The molecular weight excluding hydrogens is 281 g/mol. The third-order valence-corrected chi connectivity index (χ3v) is 3.91. The number of hydrogen-bond donors (Lipinski definition) is 3. The van der Waals surface area contributed by atoms with Gasteiger partial charge in [0.15, 0.2) is 5.96 Å². The van der Waals surface area contributed by atoms with Gasteiger partial charge in [0.2, 0.25) is 5.96 Å². The van der Waals surface area contributed by atoms with Crippen LogP contribution in [0.25, 0.3) is 0 Å². The van der Waals surface area contributed by atoms with Crippen LogP contribution < -0.4 is 22.7 Å². The SMILES string of the molecule is CC1(C)OB(c2ccc(N=C(N)N=C(N)N)cc2)OC1(C)C. The summed E-state index contributed by atoms with van der Waals surface area (Å²) in [4.78, 5) is 7.75. The van der Waals surface area contributed by atoms with Crippen LogP contribution in [-0.4, -0.2) is 30.2 Å². The van der Waals surface area contributed by atoms with Crippen LogP contribution >= 0.6 is 0 Å². The molecule has 2 rings (SSSR count). The van der Waals surface area contributed by atoms with E-state index in [1.807, 2.05) is 39.8 Å². The van der Waals surface area contributed by atoms with Crippen LogP contribution in [0.3, 0.4) is 0 Å². The molecule has 0 aromatic heterocycles. The first-order chi connectivity index (χ1) is 10.1. The van der Waals surface area contributed by atoms with Gasteiger partial charge >= 0.3 is 7.12 Å². The summed E-state index contributed by atoms with van der Waals surface area (Å²) in [6.07, 6.45) is 0. The molecule has 1 aliphatic rings. The molecule has 1 aliphatic heterocycles. The van der Waals surface area contributed by atoms with Gasteiger partial charge in [0.05, 0.1) is 16.9 Å². The molecule has 0 bridgehead atoms. The number of nitrogens with zero attached hydrogens (tertiary/aromatic N) is 2. The lowest BCUT2D eigenvalue weighted by molar-refractivity contribution is 0.00578. The van der Waals surface area contributed by atoms with Crippen molar-refractivity contribution in [2.45, 2.75) is 38.9 Å². The van der Waals surface area contributed by atoms with Gasteiger partial charge in [0, 0.05) is 0 Å². The quantitative estimate of drug-likeness (QED) is 0.409. The summed E-state index contributed by atoms with van der Waals surface area (Å²) in [6.45, 7) is 8.06. The summed E-state index contributed by atoms with van der Waals surface area (Å²) in [6, 6.07) is 7.36. The van der Waals surface area contributed by atoms with Gasteiger partial charge in [-0.15, -0.1) is 0 Å². The van der Waals surface area contributed by atoms with Crippen LogP contribution in [0.5, 0.6) is 0 Å². The minimum atomic E-state index is -0.405. The number of rotatable bonds is 2. The smallest absolute Gasteiger partial charge is 0.399 e. The summed E-state index contributed by atoms with van der Waals surface area (Å²) >= 11 is 0. The van der Waals surface area contributed by atoms with Gasteiger partial charge in [0.25, 0.3) is 0 Å². The first-order valence-corrected chi connectivity index (χ1v) is 7.00. The van der Waals surface area contributed by atoms with Gasteiger partial charge in [-0.2, -0.15) is 4.99 Å². The lowest BCUT2D eigenvalue weighted by atomic mass is 9.79. The van der Waals surface area contributed by atoms with E-state index in [4.69, 9.17) is 26.5 Å². The normalized spacial score (nSPS) is 20.0. The van der Waals surface area contributed by atoms with Crippen molar-refractivity contribution in [3.05, 3.63) is 24.3 Å². The van der Waals surface area contributed by atoms with Crippen molar-refractivity contribution in [1.29, 1.82) is 0 Å². The Morgan fingerprint density at radius 2 is 1.45 bits per heavy atom. The molecule has 0 spiro atoms. The molecule has 7 nitrogen and oxygen atoms in total. The highest BCUT2D eigenvalue weighted by molar-refractivity contribution is 6.62. The topological polar surface area (TPSA) is 121 Å². The Labute approximate surface area is 130 Å². The zero-order valence-corrected chi connectivity index (χ0v) is 13.3. The Bertz CT molecular complexity index is 590. The minimum absolute atomic E-state index is 0.00313. The highest BCUT2D eigenvalue weighted by atomic mass is 16.7. The van der Waals surface area contributed by atoms with Gasteiger partial charge in [-0.3, -0.25) is 0 Å². The van der Waals surface area contributed by atoms with Gasteiger partial charge in [0.1, 0.15) is 0 Å². The van der Waals surface area contributed by atoms with Crippen molar-refractivity contribution in [2.75, 3.05) is 0 Å². The van der Waals surface area contributed by atoms with Crippen molar-refractivity contribution in [3.8, 4) is 0 Å². The molecule has 0 saturated carbocycles. The summed E-state index contributed by atoms with van der Waals surface area (Å²) in [5, 5.41) is 0. The van der Waals surface area contributed by atoms with E-state index in [-0.39, 0.29) is 23.1 Å². The number of hydrogen-bond acceptors (Lipinski definition) is 3. The maximum absolute atomic E-state index is 5.99. The molecule has 1 aromatic carbocycles. The van der Waals surface area contributed by atoms with Crippen LogP contribution in [-0.2, 0) is 9.31 Å². The van der Waals surface area contributed by atoms with Crippen LogP contribution in [0, 0.1) is 0 Å². The summed E-state index contributed by atoms with van der Waals surface area (Å²) in [5.41, 5.74) is 16.9. The van der Waals surface area contributed by atoms with Crippen LogP contribution in [0.4, 0.5) is 5.69 Å².